The molecular formula is C21H24ClFN2O3. The van der Waals surface area contributed by atoms with Crippen LogP contribution in [0.1, 0.15) is 25.8 Å². The minimum Gasteiger partial charge on any atom is -0.484 e. The highest BCUT2D eigenvalue weighted by atomic mass is 35.5. The van der Waals surface area contributed by atoms with E-state index in [1.54, 1.807) is 12.1 Å². The van der Waals surface area contributed by atoms with Crippen LogP contribution in [0.3, 0.4) is 0 Å². The van der Waals surface area contributed by atoms with Crippen molar-refractivity contribution in [3.63, 3.8) is 0 Å². The first-order valence-corrected chi connectivity index (χ1v) is 9.53. The molecule has 2 aromatic carbocycles. The Kier molecular flexibility index (Phi) is 8.26. The first-order valence-electron chi connectivity index (χ1n) is 9.15. The Morgan fingerprint density at radius 3 is 2.43 bits per heavy atom. The Balaban J connectivity index is 2.20. The van der Waals surface area contributed by atoms with Crippen molar-refractivity contribution in [1.82, 2.24) is 10.2 Å². The molecule has 0 aliphatic heterocycles. The second-order valence-electron chi connectivity index (χ2n) is 6.17. The molecule has 0 aliphatic rings. The van der Waals surface area contributed by atoms with Crippen LogP contribution in [-0.4, -0.2) is 35.9 Å². The van der Waals surface area contributed by atoms with Crippen LogP contribution in [0.25, 0.3) is 0 Å². The van der Waals surface area contributed by atoms with Crippen molar-refractivity contribution in [2.45, 2.75) is 32.9 Å². The molecule has 150 valence electrons. The Labute approximate surface area is 169 Å². The van der Waals surface area contributed by atoms with Crippen LogP contribution in [0.2, 0.25) is 5.02 Å². The maximum Gasteiger partial charge on any atom is 0.261 e. The van der Waals surface area contributed by atoms with Crippen LogP contribution in [-0.2, 0) is 16.1 Å². The predicted octanol–water partition coefficient (Wildman–Crippen LogP) is 3.80. The number of amides is 2. The number of hydrogen-bond acceptors (Lipinski definition) is 3. The van der Waals surface area contributed by atoms with E-state index in [0.717, 1.165) is 5.56 Å². The summed E-state index contributed by atoms with van der Waals surface area (Å²) in [7, 11) is 0. The van der Waals surface area contributed by atoms with Crippen molar-refractivity contribution in [2.24, 2.45) is 0 Å². The summed E-state index contributed by atoms with van der Waals surface area (Å²) in [6, 6.07) is 11.9. The highest BCUT2D eigenvalue weighted by molar-refractivity contribution is 6.31. The van der Waals surface area contributed by atoms with Gasteiger partial charge in [0.15, 0.2) is 6.61 Å². The maximum atomic E-state index is 13.0. The van der Waals surface area contributed by atoms with E-state index in [1.165, 1.54) is 29.2 Å². The van der Waals surface area contributed by atoms with E-state index in [0.29, 0.717) is 23.7 Å². The molecule has 2 amide bonds. The second kappa shape index (κ2) is 10.7. The number of nitrogens with zero attached hydrogens (tertiary/aromatic N) is 1. The molecule has 0 aromatic heterocycles. The SMILES string of the molecule is CCNC(=O)C(CC)N(Cc1ccccc1Cl)C(=O)COc1ccc(F)cc1. The van der Waals surface area contributed by atoms with Gasteiger partial charge in [0.1, 0.15) is 17.6 Å². The van der Waals surface area contributed by atoms with Crippen LogP contribution in [0.5, 0.6) is 5.75 Å². The fraction of sp³-hybridized carbons (Fsp3) is 0.333. The topological polar surface area (TPSA) is 58.6 Å². The van der Waals surface area contributed by atoms with Crippen LogP contribution < -0.4 is 10.1 Å². The molecule has 1 N–H and O–H groups in total. The Hall–Kier alpha value is -2.60. The van der Waals surface area contributed by atoms with Crippen LogP contribution in [0, 0.1) is 5.82 Å². The third-order valence-corrected chi connectivity index (χ3v) is 4.58. The highest BCUT2D eigenvalue weighted by Crippen LogP contribution is 2.20. The molecule has 7 heteroatoms. The molecule has 0 spiro atoms. The Bertz CT molecular complexity index is 798. The normalized spacial score (nSPS) is 11.6. The summed E-state index contributed by atoms with van der Waals surface area (Å²) in [6.07, 6.45) is 0.443. The van der Waals surface area contributed by atoms with Crippen LogP contribution in [0.4, 0.5) is 4.39 Å². The number of nitrogens with one attached hydrogen (secondary N) is 1. The van der Waals surface area contributed by atoms with E-state index in [4.69, 9.17) is 16.3 Å². The van der Waals surface area contributed by atoms with Gasteiger partial charge >= 0.3 is 0 Å². The smallest absolute Gasteiger partial charge is 0.261 e. The first-order chi connectivity index (χ1) is 13.5. The number of rotatable bonds is 9. The van der Waals surface area contributed by atoms with Gasteiger partial charge in [-0.3, -0.25) is 9.59 Å². The zero-order valence-electron chi connectivity index (χ0n) is 16.0. The van der Waals surface area contributed by atoms with E-state index < -0.39 is 6.04 Å². The molecular weight excluding hydrogens is 383 g/mol. The average molecular weight is 407 g/mol. The third kappa shape index (κ3) is 5.96. The van der Waals surface area contributed by atoms with E-state index in [9.17, 15) is 14.0 Å². The van der Waals surface area contributed by atoms with Gasteiger partial charge in [-0.2, -0.15) is 0 Å². The van der Waals surface area contributed by atoms with Gasteiger partial charge < -0.3 is 15.0 Å². The van der Waals surface area contributed by atoms with E-state index in [2.05, 4.69) is 5.32 Å². The van der Waals surface area contributed by atoms with Crippen molar-refractivity contribution in [2.75, 3.05) is 13.2 Å². The summed E-state index contributed by atoms with van der Waals surface area (Å²) in [5.41, 5.74) is 0.738. The number of ether oxygens (including phenoxy) is 1. The van der Waals surface area contributed by atoms with Crippen molar-refractivity contribution < 1.29 is 18.7 Å². The number of likely N-dealkylation sites (N-methyl/N-ethyl adjacent to an activating group) is 1. The fourth-order valence-electron chi connectivity index (χ4n) is 2.78. The molecule has 0 aliphatic carbocycles. The number of hydrogen-bond donors (Lipinski definition) is 1. The second-order valence-corrected chi connectivity index (χ2v) is 6.58. The monoisotopic (exact) mass is 406 g/mol. The number of halogens is 2. The molecule has 0 saturated carbocycles. The quantitative estimate of drug-likeness (QED) is 0.689. The molecule has 0 bridgehead atoms. The van der Waals surface area contributed by atoms with Gasteiger partial charge in [0.25, 0.3) is 5.91 Å². The average Bonchev–Trinajstić information content (AvgIpc) is 2.69. The van der Waals surface area contributed by atoms with E-state index >= 15 is 0 Å². The first kappa shape index (κ1) is 21.7. The molecule has 28 heavy (non-hydrogen) atoms. The number of carbonyl (C=O) groups excluding carboxylic acids is 2. The predicted molar refractivity (Wildman–Crippen MR) is 107 cm³/mol. The lowest BCUT2D eigenvalue weighted by molar-refractivity contribution is -0.142. The molecule has 1 atom stereocenters. The molecule has 5 nitrogen and oxygen atoms in total. The summed E-state index contributed by atoms with van der Waals surface area (Å²) >= 11 is 6.24. The lowest BCUT2D eigenvalue weighted by Gasteiger charge is -2.30. The summed E-state index contributed by atoms with van der Waals surface area (Å²) in [6.45, 7) is 4.04. The minimum atomic E-state index is -0.652. The number of carbonyl (C=O) groups is 2. The zero-order valence-corrected chi connectivity index (χ0v) is 16.7. The Morgan fingerprint density at radius 2 is 1.82 bits per heavy atom. The van der Waals surface area contributed by atoms with Gasteiger partial charge in [0.2, 0.25) is 5.91 Å². The highest BCUT2D eigenvalue weighted by Gasteiger charge is 2.29. The van der Waals surface area contributed by atoms with Gasteiger partial charge in [-0.1, -0.05) is 36.7 Å². The summed E-state index contributed by atoms with van der Waals surface area (Å²) < 4.78 is 18.5. The van der Waals surface area contributed by atoms with E-state index in [1.807, 2.05) is 26.0 Å². The van der Waals surface area contributed by atoms with Crippen molar-refractivity contribution in [1.29, 1.82) is 0 Å². The summed E-state index contributed by atoms with van der Waals surface area (Å²) in [5, 5.41) is 3.28. The van der Waals surface area contributed by atoms with Crippen LogP contribution >= 0.6 is 11.6 Å². The Morgan fingerprint density at radius 1 is 1.14 bits per heavy atom. The van der Waals surface area contributed by atoms with Gasteiger partial charge in [-0.05, 0) is 49.2 Å². The van der Waals surface area contributed by atoms with Crippen molar-refractivity contribution in [3.05, 3.63) is 64.9 Å². The van der Waals surface area contributed by atoms with Gasteiger partial charge in [0.05, 0.1) is 0 Å². The third-order valence-electron chi connectivity index (χ3n) is 4.21. The molecule has 0 heterocycles. The van der Waals surface area contributed by atoms with Crippen molar-refractivity contribution in [3.8, 4) is 5.75 Å². The zero-order chi connectivity index (χ0) is 20.5. The standard InChI is InChI=1S/C21H24ClFN2O3/c1-3-19(21(27)24-4-2)25(13-15-7-5-6-8-18(15)22)20(26)14-28-17-11-9-16(23)10-12-17/h5-12,19H,3-4,13-14H2,1-2H3,(H,24,27). The number of benzene rings is 2. The van der Waals surface area contributed by atoms with E-state index in [-0.39, 0.29) is 30.8 Å². The molecule has 0 radical (unpaired) electrons. The molecule has 0 fully saturated rings. The van der Waals surface area contributed by atoms with Crippen molar-refractivity contribution >= 4 is 23.4 Å². The van der Waals surface area contributed by atoms with Gasteiger partial charge in [-0.25, -0.2) is 4.39 Å². The lowest BCUT2D eigenvalue weighted by Crippen LogP contribution is -2.50. The lowest BCUT2D eigenvalue weighted by atomic mass is 10.1. The fourth-order valence-corrected chi connectivity index (χ4v) is 2.98. The molecule has 0 saturated heterocycles. The van der Waals surface area contributed by atoms with Crippen LogP contribution in [0.15, 0.2) is 48.5 Å². The molecule has 2 rings (SSSR count). The largest absolute Gasteiger partial charge is 0.484 e. The van der Waals surface area contributed by atoms with Gasteiger partial charge in [0, 0.05) is 18.1 Å². The van der Waals surface area contributed by atoms with Gasteiger partial charge in [-0.15, -0.1) is 0 Å². The summed E-state index contributed by atoms with van der Waals surface area (Å²) in [4.78, 5) is 26.9. The minimum absolute atomic E-state index is 0.181. The summed E-state index contributed by atoms with van der Waals surface area (Å²) in [5.74, 6) is -0.602. The maximum absolute atomic E-state index is 13.0. The molecule has 2 aromatic rings. The molecule has 1 unspecified atom stereocenters.